The number of imidazole rings is 1. The third kappa shape index (κ3) is 32.3. The first kappa shape index (κ1) is 113. The van der Waals surface area contributed by atoms with E-state index in [4.69, 9.17) is 71.1 Å². The number of carbonyl (C=O) groups excluding carboxylic acids is 7. The highest BCUT2D eigenvalue weighted by Gasteiger charge is 2.54. The van der Waals surface area contributed by atoms with Gasteiger partial charge in [0.25, 0.3) is 11.7 Å². The summed E-state index contributed by atoms with van der Waals surface area (Å²) < 4.78 is 134. The topological polar surface area (TPSA) is 411 Å². The molecule has 11 rings (SSSR count). The van der Waals surface area contributed by atoms with Crippen molar-refractivity contribution < 1.29 is 128 Å². The van der Waals surface area contributed by atoms with Gasteiger partial charge in [0.1, 0.15) is 36.2 Å². The first-order chi connectivity index (χ1) is 68.8. The molecule has 1 aliphatic carbocycles. The molecule has 15 atom stereocenters. The fourth-order valence-electron chi connectivity index (χ4n) is 18.7. The van der Waals surface area contributed by atoms with E-state index in [0.29, 0.717) is 195 Å². The summed E-state index contributed by atoms with van der Waals surface area (Å²) in [7, 11) is 7.55. The number of benzene rings is 2. The van der Waals surface area contributed by atoms with E-state index in [1.807, 2.05) is 74.3 Å². The van der Waals surface area contributed by atoms with E-state index in [9.17, 15) is 48.6 Å². The Bertz CT molecular complexity index is 5300. The summed E-state index contributed by atoms with van der Waals surface area (Å²) in [6.07, 6.45) is 10.9. The van der Waals surface area contributed by atoms with Crippen molar-refractivity contribution in [2.45, 2.75) is 199 Å². The first-order valence-electron chi connectivity index (χ1n) is 49.7. The number of hydrogen-bond donors (Lipinski definition) is 4. The highest BCUT2D eigenvalue weighted by molar-refractivity contribution is 6.39. The van der Waals surface area contributed by atoms with E-state index in [1.165, 1.54) is 40.4 Å². The van der Waals surface area contributed by atoms with E-state index >= 15 is 13.2 Å². The number of cyclic esters (lactones) is 1. The molecule has 4 fully saturated rings. The van der Waals surface area contributed by atoms with Gasteiger partial charge in [-0.15, -0.1) is 0 Å². The number of ketones is 3. The minimum atomic E-state index is -4.75. The average molecular weight is 2010 g/mol. The number of esters is 1. The minimum Gasteiger partial charge on any atom is -0.481 e. The number of alkyl carbamates (subject to hydrolysis) is 1. The number of hydrogen-bond acceptors (Lipinski definition) is 31. The molecule has 786 valence electrons. The number of aliphatic hydroxyl groups is 2. The molecule has 4 aliphatic heterocycles. The summed E-state index contributed by atoms with van der Waals surface area (Å²) in [6.45, 7) is 19.3. The van der Waals surface area contributed by atoms with Crippen molar-refractivity contribution in [3.63, 3.8) is 0 Å². The number of methoxy groups -OCH3 is 4. The van der Waals surface area contributed by atoms with Crippen molar-refractivity contribution >= 4 is 74.8 Å². The fourth-order valence-corrected chi connectivity index (χ4v) is 18.7. The van der Waals surface area contributed by atoms with Gasteiger partial charge < -0.3 is 107 Å². The lowest BCUT2D eigenvalue weighted by molar-refractivity contribution is -0.265. The van der Waals surface area contributed by atoms with Crippen LogP contribution >= 0.6 is 0 Å². The van der Waals surface area contributed by atoms with E-state index in [1.54, 1.807) is 96.9 Å². The number of aliphatic hydroxyl groups excluding tert-OH is 1. The van der Waals surface area contributed by atoms with Gasteiger partial charge in [-0.1, -0.05) is 77.1 Å². The number of Topliss-reactive ketones (excluding diaryl/α,β-unsaturated/α-hetero) is 3. The number of piperazine rings is 1. The number of piperidine rings is 1. The predicted octanol–water partition coefficient (Wildman–Crippen LogP) is 11.2. The summed E-state index contributed by atoms with van der Waals surface area (Å²) in [5.41, 5.74) is 3.46. The normalized spacial score (nSPS) is 25.5. The van der Waals surface area contributed by atoms with Crippen molar-refractivity contribution in [1.82, 2.24) is 44.6 Å². The maximum atomic E-state index is 15.1. The molecule has 0 spiro atoms. The summed E-state index contributed by atoms with van der Waals surface area (Å²) in [4.78, 5) is 135. The number of pyridine rings is 2. The standard InChI is InChI=1S/C104H144F3N11O25/c1-67-18-14-13-15-19-68(2)88(129-9)60-79-26-21-73(7)103(128,143-79)97(123)98(124)117-33-17-16-20-84(117)99(125)141-89(61-86(119)69(3)55-72(6)95(122)96(132-12)94(121)71(5)54-67)70(4)56-74-22-29-87(90(57-74)130-10)142-101(126)108-32-39-134-41-43-136-45-47-138-49-51-140-53-52-139-50-48-137-46-44-135-42-40-133-38-31-91(120)110-62-75-63-112-100(113-64-75)116-36-34-115(35-37-116)83-28-25-78(59-81(83)104(105,106)107)118-93-80-58-76(77-24-30-92(131-11)111-65-77)23-27-82(80)109-66-85(93)114(8)102(118)127/h13-15,18-19,23-25,27-28,30,55,58-59,63-67,69-71,73-74,79,84,87-90,95-96,122,128H,16-17,20-22,26,29,31-54,56-57,60-62H2,1-12H3,(H,108,126)(H,110,120)/b15-13+,18-14+,68-19+,72-55+/t67-,69-,70-,71-,73-,74+,79+,84+,87-,88+,89+,90-,95-,96+,103-/m1/s1. The number of halogens is 3. The third-order valence-electron chi connectivity index (χ3n) is 27.1. The molecule has 2 aromatic carbocycles. The molecule has 8 heterocycles. The molecule has 6 aromatic rings. The highest BCUT2D eigenvalue weighted by atomic mass is 19.4. The molecule has 5 aliphatic rings. The smallest absolute Gasteiger partial charge is 0.418 e. The lowest BCUT2D eigenvalue weighted by Gasteiger charge is -2.42. The molecule has 143 heavy (non-hydrogen) atoms. The Morgan fingerprint density at radius 1 is 0.643 bits per heavy atom. The van der Waals surface area contributed by atoms with Crippen molar-refractivity contribution in [2.75, 3.05) is 183 Å². The summed E-state index contributed by atoms with van der Waals surface area (Å²) in [6, 6.07) is 11.9. The molecule has 1 saturated carbocycles. The number of rotatable bonds is 41. The van der Waals surface area contributed by atoms with Crippen LogP contribution in [0.2, 0.25) is 0 Å². The Morgan fingerprint density at radius 3 is 1.91 bits per heavy atom. The number of amides is 3. The van der Waals surface area contributed by atoms with Gasteiger partial charge in [0.05, 0.1) is 165 Å². The molecular weight excluding hydrogens is 1860 g/mol. The first-order valence-corrected chi connectivity index (χ1v) is 49.7. The van der Waals surface area contributed by atoms with Crippen LogP contribution in [-0.4, -0.2) is 313 Å². The van der Waals surface area contributed by atoms with E-state index in [2.05, 4.69) is 30.6 Å². The number of alkyl halides is 3. The molecule has 4 N–H and O–H groups in total. The number of aromatic nitrogens is 6. The largest absolute Gasteiger partial charge is 0.481 e. The molecule has 36 nitrogen and oxygen atoms in total. The monoisotopic (exact) mass is 2000 g/mol. The highest BCUT2D eigenvalue weighted by Crippen LogP contribution is 2.43. The summed E-state index contributed by atoms with van der Waals surface area (Å²) in [5, 5.41) is 30.0. The van der Waals surface area contributed by atoms with Crippen LogP contribution in [0.25, 0.3) is 38.8 Å². The van der Waals surface area contributed by atoms with Crippen molar-refractivity contribution in [3.05, 3.63) is 143 Å². The maximum Gasteiger partial charge on any atom is 0.418 e. The van der Waals surface area contributed by atoms with Gasteiger partial charge in [-0.3, -0.25) is 38.1 Å². The number of aryl methyl sites for hydroxylation is 1. The van der Waals surface area contributed by atoms with Gasteiger partial charge in [-0.25, -0.2) is 29.3 Å². The third-order valence-corrected chi connectivity index (χ3v) is 27.1. The number of anilines is 2. The number of carbonyl (C=O) groups is 7. The van der Waals surface area contributed by atoms with Crippen LogP contribution < -0.4 is 30.9 Å². The second kappa shape index (κ2) is 56.4. The predicted molar refractivity (Wildman–Crippen MR) is 525 cm³/mol. The van der Waals surface area contributed by atoms with Crippen molar-refractivity contribution in [3.8, 4) is 22.7 Å². The number of fused-ring (bicyclic) bond motifs is 6. The molecular formula is C104H144F3N11O25. The van der Waals surface area contributed by atoms with Crippen molar-refractivity contribution in [1.29, 1.82) is 0 Å². The van der Waals surface area contributed by atoms with Gasteiger partial charge in [0, 0.05) is 158 Å². The molecule has 39 heteroatoms. The van der Waals surface area contributed by atoms with Crippen LogP contribution in [0.5, 0.6) is 5.88 Å². The van der Waals surface area contributed by atoms with Gasteiger partial charge >= 0.3 is 23.9 Å². The minimum absolute atomic E-state index is 0.0106. The van der Waals surface area contributed by atoms with Gasteiger partial charge in [0.2, 0.25) is 23.5 Å². The number of nitrogens with zero attached hydrogens (tertiary/aromatic N) is 9. The second-order valence-corrected chi connectivity index (χ2v) is 37.4. The van der Waals surface area contributed by atoms with Crippen molar-refractivity contribution in [2.24, 2.45) is 42.6 Å². The number of ether oxygens (including phenoxy) is 15. The van der Waals surface area contributed by atoms with E-state index in [0.717, 1.165) is 22.8 Å². The quantitative estimate of drug-likeness (QED) is 0.0120. The molecule has 2 bridgehead atoms. The fraction of sp³-hybridized carbons (Fsp3) is 0.615. The Kier molecular flexibility index (Phi) is 44.5. The van der Waals surface area contributed by atoms with Gasteiger partial charge in [0.15, 0.2) is 5.78 Å². The van der Waals surface area contributed by atoms with Crippen LogP contribution in [0.3, 0.4) is 0 Å². The number of nitrogens with one attached hydrogen (secondary N) is 2. The molecule has 3 saturated heterocycles. The maximum absolute atomic E-state index is 15.1. The second-order valence-electron chi connectivity index (χ2n) is 37.4. The average Bonchev–Trinajstić information content (AvgIpc) is 1.58. The zero-order valence-corrected chi connectivity index (χ0v) is 84.4. The van der Waals surface area contributed by atoms with Gasteiger partial charge in [-0.2, -0.15) is 13.2 Å². The lowest BCUT2D eigenvalue weighted by atomic mass is 9.78. The van der Waals surface area contributed by atoms with Gasteiger partial charge in [-0.05, 0) is 149 Å². The Hall–Kier alpha value is -10.4. The SMILES string of the molecule is COc1ccc(-c2ccc3ncc4c(c3c2)n(-c2ccc(N3CCN(c5ncc(CNC(=O)CCOCCOCCOCCOCCOCCOCCOCCOCCNC(=O)O[C@@H]6CC[C@@H](C[C@@H](C)[C@@H]7CC(=O)[C@H](C)/C=C(\C)[C@@H](O)[C@@H](OC)C(=O)[C@H](C)C[C@H](C)/C=C/C=C/C=C(\C)[C@@H](OC)C[C@@H]8CC[C@@H](C)[C@@](O)(O8)C(=O)C(=O)N8CCCC[C@H]8C(=O)O7)C[C@H]6OC)cn5)CC3)c(C(F)(F)F)c2)c(=O)n4C)cn1. The lowest BCUT2D eigenvalue weighted by Crippen LogP contribution is -2.61. The molecule has 4 aromatic heterocycles. The number of allylic oxidation sites excluding steroid dienone is 6. The summed E-state index contributed by atoms with van der Waals surface area (Å²) in [5.74, 6) is -8.15. The van der Waals surface area contributed by atoms with E-state index < -0.39 is 119 Å². The molecule has 0 unspecified atom stereocenters. The summed E-state index contributed by atoms with van der Waals surface area (Å²) >= 11 is 0. The van der Waals surface area contributed by atoms with Crippen LogP contribution in [0.15, 0.2) is 126 Å². The molecule has 0 radical (unpaired) electrons. The van der Waals surface area contributed by atoms with Crippen LogP contribution in [-0.2, 0) is 115 Å². The van der Waals surface area contributed by atoms with Crippen LogP contribution in [0, 0.1) is 35.5 Å². The van der Waals surface area contributed by atoms with Crippen LogP contribution in [0.4, 0.5) is 29.6 Å². The Morgan fingerprint density at radius 2 is 1.29 bits per heavy atom. The molecule has 3 amide bonds. The Labute approximate surface area is 833 Å². The Balaban J connectivity index is 0.501. The zero-order valence-electron chi connectivity index (χ0n) is 84.4. The van der Waals surface area contributed by atoms with E-state index in [-0.39, 0.29) is 126 Å². The zero-order chi connectivity index (χ0) is 103. The van der Waals surface area contributed by atoms with Crippen LogP contribution in [0.1, 0.15) is 143 Å².